The van der Waals surface area contributed by atoms with Gasteiger partial charge in [0, 0.05) is 33.0 Å². The van der Waals surface area contributed by atoms with E-state index in [4.69, 9.17) is 16.2 Å². The lowest BCUT2D eigenvalue weighted by molar-refractivity contribution is -0.146. The van der Waals surface area contributed by atoms with Gasteiger partial charge in [-0.1, -0.05) is 121 Å². The molecule has 0 aliphatic carbocycles. The number of nitrogens with two attached hydrogens (primary N) is 2. The fourth-order valence-electron chi connectivity index (χ4n) is 7.97. The number of aliphatic imine (C=N–C) groups is 1. The number of guanidine groups is 1. The second-order valence-electron chi connectivity index (χ2n) is 18.8. The van der Waals surface area contributed by atoms with Gasteiger partial charge in [0.2, 0.25) is 35.4 Å². The number of rotatable bonds is 19. The van der Waals surface area contributed by atoms with Crippen molar-refractivity contribution in [3.8, 4) is 0 Å². The monoisotopic (exact) mass is 1040 g/mol. The minimum absolute atomic E-state index is 0.0270. The molecule has 1 saturated heterocycles. The summed E-state index contributed by atoms with van der Waals surface area (Å²) in [6.07, 6.45) is 8.54. The van der Waals surface area contributed by atoms with Crippen molar-refractivity contribution >= 4 is 59.2 Å². The maximum Gasteiger partial charge on any atom is 0.327 e. The molecule has 74 heavy (non-hydrogen) atoms. The zero-order valence-electron chi connectivity index (χ0n) is 44.1. The molecule has 0 unspecified atom stereocenters. The normalized spacial score (nSPS) is 24.7. The largest absolute Gasteiger partial charge is 0.480 e. The summed E-state index contributed by atoms with van der Waals surface area (Å²) in [5, 5.41) is 35.8. The highest BCUT2D eigenvalue weighted by atomic mass is 16.5. The predicted octanol–water partition coefficient (Wildman–Crippen LogP) is 1.93. The first kappa shape index (κ1) is 63.0. The SMILES string of the molecule is C=C1C(=O)N[C@H](C)C(=O)N[C@@H](CCCCCCC)C(=O)N[C@@H](C(=O)O)[C@H](C)C(=O)N[C@@H](CCCN=C(N)N)C(=O)N[C@@H](/C=C/C(C)=C/[C@H](C)[C@H](Cc2ccccc2)OC)[C@H](C)C(=O)N[C@@H](C(=O)O)CCC(=O)N1C. The van der Waals surface area contributed by atoms with E-state index in [-0.39, 0.29) is 43.8 Å². The first-order valence-electron chi connectivity index (χ1n) is 25.1. The molecule has 1 fully saturated rings. The van der Waals surface area contributed by atoms with Crippen molar-refractivity contribution in [1.29, 1.82) is 0 Å². The summed E-state index contributed by atoms with van der Waals surface area (Å²) in [6, 6.07) is 1.06. The van der Waals surface area contributed by atoms with E-state index in [2.05, 4.69) is 43.5 Å². The number of ether oxygens (including phenoxy) is 1. The van der Waals surface area contributed by atoms with Crippen LogP contribution in [-0.2, 0) is 54.3 Å². The smallest absolute Gasteiger partial charge is 0.327 e. The number of hydrogen-bond donors (Lipinski definition) is 10. The highest BCUT2D eigenvalue weighted by Crippen LogP contribution is 2.19. The Bertz CT molecular complexity index is 2200. The van der Waals surface area contributed by atoms with Crippen LogP contribution >= 0.6 is 0 Å². The number of carboxylic acid groups (broad SMARTS) is 2. The van der Waals surface area contributed by atoms with E-state index in [9.17, 15) is 53.4 Å². The fourth-order valence-corrected chi connectivity index (χ4v) is 7.97. The maximum absolute atomic E-state index is 14.4. The number of nitrogens with zero attached hydrogens (tertiary/aromatic N) is 2. The summed E-state index contributed by atoms with van der Waals surface area (Å²) < 4.78 is 5.82. The number of unbranched alkanes of at least 4 members (excludes halogenated alkanes) is 4. The number of amides is 7. The van der Waals surface area contributed by atoms with Crippen LogP contribution in [0.3, 0.4) is 0 Å². The zero-order valence-corrected chi connectivity index (χ0v) is 44.1. The minimum Gasteiger partial charge on any atom is -0.480 e. The zero-order chi connectivity index (χ0) is 55.7. The molecule has 12 N–H and O–H groups in total. The molecule has 22 heteroatoms. The summed E-state index contributed by atoms with van der Waals surface area (Å²) in [6.45, 7) is 13.5. The summed E-state index contributed by atoms with van der Waals surface area (Å²) in [5.74, 6) is -12.2. The number of carboxylic acids is 2. The van der Waals surface area contributed by atoms with Gasteiger partial charge < -0.3 is 63.2 Å². The third-order valence-electron chi connectivity index (χ3n) is 12.9. The van der Waals surface area contributed by atoms with Gasteiger partial charge in [-0.2, -0.15) is 0 Å². The molecule has 1 aliphatic rings. The van der Waals surface area contributed by atoms with Crippen molar-refractivity contribution in [2.24, 2.45) is 34.2 Å². The van der Waals surface area contributed by atoms with Gasteiger partial charge in [-0.15, -0.1) is 0 Å². The van der Waals surface area contributed by atoms with Crippen LogP contribution in [0.1, 0.15) is 111 Å². The van der Waals surface area contributed by atoms with E-state index in [0.29, 0.717) is 24.8 Å². The molecule has 2 rings (SSSR count). The molecule has 7 amide bonds. The van der Waals surface area contributed by atoms with Crippen molar-refractivity contribution in [2.75, 3.05) is 20.7 Å². The maximum atomic E-state index is 14.4. The van der Waals surface area contributed by atoms with E-state index < -0.39 is 120 Å². The van der Waals surface area contributed by atoms with Crippen LogP contribution in [0.4, 0.5) is 0 Å². The Morgan fingerprint density at radius 1 is 0.811 bits per heavy atom. The molecule has 410 valence electrons. The lowest BCUT2D eigenvalue weighted by atomic mass is 9.94. The number of likely N-dealkylation sites (N-methyl/N-ethyl adjacent to an activating group) is 1. The van der Waals surface area contributed by atoms with E-state index >= 15 is 0 Å². The molecule has 1 aromatic rings. The van der Waals surface area contributed by atoms with Gasteiger partial charge in [-0.25, -0.2) is 9.59 Å². The Hall–Kier alpha value is -7.10. The standard InChI is InChI=1S/C52H80N10O12/c1-10-11-12-13-17-21-38-49(69)61-43(51(72)73)33(5)45(65)58-39(22-18-27-55-52(53)54)48(68)57-37(24-23-30(2)28-31(3)41(74-9)29-36-19-15-14-16-20-36)32(4)44(64)60-40(50(70)71)25-26-42(63)62(8)35(7)47(67)56-34(6)46(66)59-38/h14-16,19-20,23-24,28,31-34,37-41,43H,7,10-13,17-18,21-22,25-27,29H2,1-6,8-9H3,(H,56,67)(H,57,68)(H,58,65)(H,59,66)(H,60,64)(H,61,69)(H,70,71)(H,72,73)(H4,53,54,55)/b24-23+,30-28+/t31-,32-,33-,34+,37-,38-,39-,40+,41-,43+/m0/s1. The lowest BCUT2D eigenvalue weighted by Crippen LogP contribution is -2.59. The molecule has 1 aliphatic heterocycles. The van der Waals surface area contributed by atoms with Gasteiger partial charge in [0.05, 0.1) is 24.0 Å². The van der Waals surface area contributed by atoms with Gasteiger partial charge in [-0.3, -0.25) is 38.6 Å². The highest BCUT2D eigenvalue weighted by Gasteiger charge is 2.37. The van der Waals surface area contributed by atoms with Crippen LogP contribution in [0.25, 0.3) is 0 Å². The van der Waals surface area contributed by atoms with E-state index in [1.807, 2.05) is 50.3 Å². The number of carbonyl (C=O) groups is 9. The third-order valence-corrected chi connectivity index (χ3v) is 12.9. The Balaban J connectivity index is 2.73. The molecule has 22 nitrogen and oxygen atoms in total. The Kier molecular flexibility index (Phi) is 27.4. The number of nitrogens with one attached hydrogen (secondary N) is 6. The second-order valence-corrected chi connectivity index (χ2v) is 18.8. The van der Waals surface area contributed by atoms with Crippen LogP contribution in [0.2, 0.25) is 0 Å². The molecule has 1 heterocycles. The number of benzene rings is 1. The minimum atomic E-state index is -1.88. The summed E-state index contributed by atoms with van der Waals surface area (Å²) in [4.78, 5) is 127. The Labute approximate surface area is 434 Å². The molecule has 0 radical (unpaired) electrons. The fraction of sp³-hybridized carbons (Fsp3) is 0.577. The van der Waals surface area contributed by atoms with Gasteiger partial charge in [0.1, 0.15) is 35.9 Å². The topological polar surface area (TPSA) is 343 Å². The van der Waals surface area contributed by atoms with Crippen molar-refractivity contribution in [1.82, 2.24) is 36.8 Å². The number of carbonyl (C=O) groups excluding carboxylic acids is 7. The predicted molar refractivity (Wildman–Crippen MR) is 278 cm³/mol. The van der Waals surface area contributed by atoms with Crippen molar-refractivity contribution in [3.63, 3.8) is 0 Å². The molecule has 10 atom stereocenters. The molecule has 1 aromatic carbocycles. The van der Waals surface area contributed by atoms with Crippen LogP contribution in [-0.4, -0.2) is 137 Å². The Morgan fingerprint density at radius 2 is 1.41 bits per heavy atom. The van der Waals surface area contributed by atoms with Crippen LogP contribution < -0.4 is 43.4 Å². The number of methoxy groups -OCH3 is 1. The quantitative estimate of drug-likeness (QED) is 0.0311. The number of allylic oxidation sites excluding steroid dienone is 2. The van der Waals surface area contributed by atoms with Gasteiger partial charge >= 0.3 is 11.9 Å². The van der Waals surface area contributed by atoms with Crippen molar-refractivity contribution < 1.29 is 58.1 Å². The summed E-state index contributed by atoms with van der Waals surface area (Å²) in [7, 11) is 2.84. The van der Waals surface area contributed by atoms with Gasteiger partial charge in [-0.05, 0) is 51.5 Å². The summed E-state index contributed by atoms with van der Waals surface area (Å²) >= 11 is 0. The molecular weight excluding hydrogens is 957 g/mol. The van der Waals surface area contributed by atoms with Gasteiger partial charge in [0.25, 0.3) is 5.91 Å². The van der Waals surface area contributed by atoms with E-state index in [1.165, 1.54) is 33.9 Å². The highest BCUT2D eigenvalue weighted by molar-refractivity contribution is 6.00. The van der Waals surface area contributed by atoms with Crippen molar-refractivity contribution in [2.45, 2.75) is 155 Å². The van der Waals surface area contributed by atoms with Crippen LogP contribution in [0.15, 0.2) is 71.4 Å². The van der Waals surface area contributed by atoms with Gasteiger partial charge in [0.15, 0.2) is 5.96 Å². The number of hydrogen-bond acceptors (Lipinski definition) is 11. The first-order valence-corrected chi connectivity index (χ1v) is 25.1. The number of aliphatic carboxylic acids is 2. The lowest BCUT2D eigenvalue weighted by Gasteiger charge is -2.28. The average molecular weight is 1040 g/mol. The third kappa shape index (κ3) is 21.5. The van der Waals surface area contributed by atoms with E-state index in [0.717, 1.165) is 29.7 Å². The molecule has 0 saturated carbocycles. The second kappa shape index (κ2) is 32.2. The molecule has 0 aromatic heterocycles. The van der Waals surface area contributed by atoms with Crippen LogP contribution in [0.5, 0.6) is 0 Å². The Morgan fingerprint density at radius 3 is 2.00 bits per heavy atom. The molecule has 0 spiro atoms. The van der Waals surface area contributed by atoms with Crippen molar-refractivity contribution in [3.05, 3.63) is 72.0 Å². The molecule has 0 bridgehead atoms. The first-order chi connectivity index (χ1) is 34.9. The van der Waals surface area contributed by atoms with E-state index in [1.54, 1.807) is 20.1 Å². The average Bonchev–Trinajstić information content (AvgIpc) is 3.35. The van der Waals surface area contributed by atoms with Crippen LogP contribution in [0, 0.1) is 17.8 Å². The molecular formula is C52H80N10O12. The summed E-state index contributed by atoms with van der Waals surface area (Å²) in [5.41, 5.74) is 12.4.